The Bertz CT molecular complexity index is 861. The lowest BCUT2D eigenvalue weighted by atomic mass is 10.2. The number of unbranched alkanes of at least 4 members (excludes halogenated alkanes) is 2. The number of benzene rings is 1. The summed E-state index contributed by atoms with van der Waals surface area (Å²) in [6.45, 7) is 10.7. The van der Waals surface area contributed by atoms with Crippen molar-refractivity contribution in [3.05, 3.63) is 35.9 Å². The number of aliphatic carboxylic acids is 2. The van der Waals surface area contributed by atoms with Crippen LogP contribution in [0.2, 0.25) is 0 Å². The molecule has 0 saturated carbocycles. The van der Waals surface area contributed by atoms with E-state index in [-0.39, 0.29) is 19.7 Å². The summed E-state index contributed by atoms with van der Waals surface area (Å²) in [5.41, 5.74) is 1.03. The number of hydrogen-bond acceptors (Lipinski definition) is 10. The largest absolute Gasteiger partial charge is 0.480 e. The SMILES string of the molecule is CCCCOP(CN1CCN(CC(=O)O)CCN(CC(O)COCc2ccccc2)CCN(CC(=O)O)CC1)OCCCC. The Kier molecular flexibility index (Phi) is 20.6. The third-order valence-corrected chi connectivity index (χ3v) is 8.89. The molecule has 1 heterocycles. The van der Waals surface area contributed by atoms with E-state index in [4.69, 9.17) is 13.8 Å². The Labute approximate surface area is 264 Å². The van der Waals surface area contributed by atoms with Gasteiger partial charge in [-0.1, -0.05) is 57.0 Å². The number of carboxylic acids is 2. The van der Waals surface area contributed by atoms with Gasteiger partial charge in [-0.3, -0.25) is 29.2 Å². The average molecular weight is 643 g/mol. The molecule has 1 atom stereocenters. The Morgan fingerprint density at radius 1 is 0.773 bits per heavy atom. The highest BCUT2D eigenvalue weighted by Crippen LogP contribution is 2.39. The van der Waals surface area contributed by atoms with Crippen LogP contribution in [-0.4, -0.2) is 151 Å². The topological polar surface area (TPSA) is 135 Å². The summed E-state index contributed by atoms with van der Waals surface area (Å²) in [5.74, 6) is -1.77. The molecule has 13 heteroatoms. The second-order valence-electron chi connectivity index (χ2n) is 11.3. The predicted octanol–water partition coefficient (Wildman–Crippen LogP) is 2.86. The van der Waals surface area contributed by atoms with E-state index in [1.807, 2.05) is 40.1 Å². The third-order valence-electron chi connectivity index (χ3n) is 7.32. The number of carboxylic acid groups (broad SMARTS) is 2. The van der Waals surface area contributed by atoms with E-state index in [0.29, 0.717) is 85.0 Å². The summed E-state index contributed by atoms with van der Waals surface area (Å²) < 4.78 is 18.0. The molecule has 0 aliphatic carbocycles. The lowest BCUT2D eigenvalue weighted by Gasteiger charge is -2.34. The first kappa shape index (κ1) is 38.5. The number of β-amino-alcohol motifs (C(OH)–C–C–N with tert-alkyl or cyclic N) is 1. The molecule has 0 bridgehead atoms. The molecule has 1 aliphatic heterocycles. The number of aliphatic hydroxyl groups is 1. The highest BCUT2D eigenvalue weighted by Gasteiger charge is 2.23. The van der Waals surface area contributed by atoms with E-state index >= 15 is 0 Å². The molecule has 1 fully saturated rings. The minimum absolute atomic E-state index is 0.0790. The quantitative estimate of drug-likeness (QED) is 0.143. The van der Waals surface area contributed by atoms with Crippen molar-refractivity contribution in [2.24, 2.45) is 0 Å². The summed E-state index contributed by atoms with van der Waals surface area (Å²) in [5, 5.41) is 30.0. The minimum atomic E-state index is -1.15. The highest BCUT2D eigenvalue weighted by molar-refractivity contribution is 7.47. The number of carbonyl (C=O) groups is 2. The maximum absolute atomic E-state index is 11.7. The van der Waals surface area contributed by atoms with Crippen LogP contribution in [0.25, 0.3) is 0 Å². The first-order valence-corrected chi connectivity index (χ1v) is 17.3. The fourth-order valence-electron chi connectivity index (χ4n) is 4.74. The second-order valence-corrected chi connectivity index (χ2v) is 12.7. The van der Waals surface area contributed by atoms with Crippen LogP contribution in [0.5, 0.6) is 0 Å². The fourth-order valence-corrected chi connectivity index (χ4v) is 6.26. The van der Waals surface area contributed by atoms with Crippen LogP contribution in [0.4, 0.5) is 0 Å². The van der Waals surface area contributed by atoms with Crippen molar-refractivity contribution in [3.8, 4) is 0 Å². The van der Waals surface area contributed by atoms with E-state index in [0.717, 1.165) is 31.2 Å². The summed E-state index contributed by atoms with van der Waals surface area (Å²) in [6, 6.07) is 9.77. The lowest BCUT2D eigenvalue weighted by molar-refractivity contribution is -0.139. The Balaban J connectivity index is 2.07. The first-order valence-electron chi connectivity index (χ1n) is 15.9. The maximum atomic E-state index is 11.7. The molecule has 0 amide bonds. The van der Waals surface area contributed by atoms with E-state index in [2.05, 4.69) is 23.6 Å². The molecule has 2 rings (SSSR count). The van der Waals surface area contributed by atoms with Gasteiger partial charge in [0.2, 0.25) is 0 Å². The van der Waals surface area contributed by atoms with Gasteiger partial charge in [0.1, 0.15) is 0 Å². The molecule has 12 nitrogen and oxygen atoms in total. The molecule has 1 aromatic carbocycles. The average Bonchev–Trinajstić information content (AvgIpc) is 2.98. The first-order chi connectivity index (χ1) is 21.3. The predicted molar refractivity (Wildman–Crippen MR) is 172 cm³/mol. The van der Waals surface area contributed by atoms with Gasteiger partial charge in [0.25, 0.3) is 0 Å². The van der Waals surface area contributed by atoms with Gasteiger partial charge in [0.15, 0.2) is 8.38 Å². The number of nitrogens with zero attached hydrogens (tertiary/aromatic N) is 4. The zero-order chi connectivity index (χ0) is 32.0. The number of rotatable bonds is 20. The van der Waals surface area contributed by atoms with Gasteiger partial charge in [0.05, 0.1) is 51.9 Å². The number of aliphatic hydroxyl groups excluding tert-OH is 1. The zero-order valence-corrected chi connectivity index (χ0v) is 27.6. The van der Waals surface area contributed by atoms with E-state index in [1.54, 1.807) is 0 Å². The van der Waals surface area contributed by atoms with Crippen LogP contribution in [0.15, 0.2) is 30.3 Å². The van der Waals surface area contributed by atoms with Crippen LogP contribution >= 0.6 is 8.38 Å². The zero-order valence-electron chi connectivity index (χ0n) is 26.7. The third kappa shape index (κ3) is 18.3. The fraction of sp³-hybridized carbons (Fsp3) is 0.742. The van der Waals surface area contributed by atoms with Crippen molar-refractivity contribution in [2.75, 3.05) is 98.1 Å². The minimum Gasteiger partial charge on any atom is -0.480 e. The molecule has 0 radical (unpaired) electrons. The van der Waals surface area contributed by atoms with Crippen LogP contribution < -0.4 is 0 Å². The number of hydrogen-bond donors (Lipinski definition) is 3. The van der Waals surface area contributed by atoms with Gasteiger partial charge < -0.3 is 29.1 Å². The molecule has 44 heavy (non-hydrogen) atoms. The van der Waals surface area contributed by atoms with Crippen molar-refractivity contribution in [1.29, 1.82) is 0 Å². The molecule has 1 unspecified atom stereocenters. The molecule has 0 aromatic heterocycles. The van der Waals surface area contributed by atoms with Gasteiger partial charge >= 0.3 is 11.9 Å². The molecule has 1 saturated heterocycles. The van der Waals surface area contributed by atoms with Gasteiger partial charge in [-0.05, 0) is 18.4 Å². The van der Waals surface area contributed by atoms with Gasteiger partial charge in [-0.25, -0.2) is 0 Å². The maximum Gasteiger partial charge on any atom is 0.317 e. The summed E-state index contributed by atoms with van der Waals surface area (Å²) in [7, 11) is -1.15. The standard InChI is InChI=1S/C31H55N4O8P/c1-3-5-20-42-44(43-21-6-4-2)27-35-18-16-33(23-30(37)38)14-12-32(13-15-34(17-19-35)24-31(39)40)22-29(36)26-41-25-28-10-8-7-9-11-28/h7-11,29,36H,3-6,12-27H2,1-2H3,(H,37,38)(H,39,40). The normalized spacial score (nSPS) is 17.7. The van der Waals surface area contributed by atoms with Crippen molar-refractivity contribution in [1.82, 2.24) is 19.6 Å². The lowest BCUT2D eigenvalue weighted by Crippen LogP contribution is -2.49. The summed E-state index contributed by atoms with van der Waals surface area (Å²) >= 11 is 0. The summed E-state index contributed by atoms with van der Waals surface area (Å²) in [6.07, 6.45) is 3.84. The molecule has 0 spiro atoms. The van der Waals surface area contributed by atoms with E-state index < -0.39 is 26.4 Å². The Morgan fingerprint density at radius 3 is 1.73 bits per heavy atom. The second kappa shape index (κ2) is 23.6. The number of ether oxygens (including phenoxy) is 1. The molecular weight excluding hydrogens is 587 g/mol. The highest BCUT2D eigenvalue weighted by atomic mass is 31.2. The van der Waals surface area contributed by atoms with Crippen LogP contribution in [0, 0.1) is 0 Å². The van der Waals surface area contributed by atoms with E-state index in [9.17, 15) is 24.9 Å². The van der Waals surface area contributed by atoms with Crippen molar-refractivity contribution in [3.63, 3.8) is 0 Å². The molecule has 1 aliphatic rings. The van der Waals surface area contributed by atoms with Gasteiger partial charge in [-0.15, -0.1) is 0 Å². The Hall–Kier alpha value is -1.73. The van der Waals surface area contributed by atoms with Crippen LogP contribution in [-0.2, 0) is 30.0 Å². The van der Waals surface area contributed by atoms with Crippen molar-refractivity contribution in [2.45, 2.75) is 52.2 Å². The monoisotopic (exact) mass is 642 g/mol. The van der Waals surface area contributed by atoms with E-state index in [1.165, 1.54) is 0 Å². The summed E-state index contributed by atoms with van der Waals surface area (Å²) in [4.78, 5) is 31.6. The smallest absolute Gasteiger partial charge is 0.317 e. The van der Waals surface area contributed by atoms with Crippen molar-refractivity contribution < 1.29 is 38.7 Å². The van der Waals surface area contributed by atoms with Crippen molar-refractivity contribution >= 4 is 20.3 Å². The van der Waals surface area contributed by atoms with Crippen LogP contribution in [0.3, 0.4) is 0 Å². The van der Waals surface area contributed by atoms with Crippen LogP contribution in [0.1, 0.15) is 45.1 Å². The molecular formula is C31H55N4O8P. The Morgan fingerprint density at radius 2 is 1.25 bits per heavy atom. The molecule has 252 valence electrons. The van der Waals surface area contributed by atoms with Gasteiger partial charge in [-0.2, -0.15) is 0 Å². The van der Waals surface area contributed by atoms with Gasteiger partial charge in [0, 0.05) is 58.9 Å². The molecule has 1 aromatic rings. The molecule has 3 N–H and O–H groups in total.